The van der Waals surface area contributed by atoms with Gasteiger partial charge in [-0.15, -0.1) is 11.3 Å². The summed E-state index contributed by atoms with van der Waals surface area (Å²) in [6.45, 7) is 2.03. The van der Waals surface area contributed by atoms with Gasteiger partial charge in [0.1, 0.15) is 0 Å². The van der Waals surface area contributed by atoms with Gasteiger partial charge in [0.25, 0.3) is 0 Å². The number of thiazole rings is 1. The highest BCUT2D eigenvalue weighted by Crippen LogP contribution is 2.34. The first-order chi connectivity index (χ1) is 8.74. The summed E-state index contributed by atoms with van der Waals surface area (Å²) in [5.41, 5.74) is 10.0. The van der Waals surface area contributed by atoms with Gasteiger partial charge in [0.15, 0.2) is 0 Å². The molecule has 3 nitrogen and oxygen atoms in total. The van der Waals surface area contributed by atoms with E-state index >= 15 is 0 Å². The number of nitrogens with two attached hydrogens (primary N) is 1. The average molecular weight is 259 g/mol. The molecule has 0 bridgehead atoms. The van der Waals surface area contributed by atoms with E-state index in [4.69, 9.17) is 5.73 Å². The fraction of sp³-hybridized carbons (Fsp3) is 0.429. The van der Waals surface area contributed by atoms with E-state index < -0.39 is 0 Å². The van der Waals surface area contributed by atoms with Gasteiger partial charge in [-0.3, -0.25) is 4.98 Å². The second-order valence-electron chi connectivity index (χ2n) is 4.94. The number of nitrogens with zero attached hydrogens (tertiary/aromatic N) is 2. The molecule has 1 aliphatic rings. The highest BCUT2D eigenvalue weighted by atomic mass is 32.1. The first kappa shape index (κ1) is 11.8. The molecule has 2 heterocycles. The summed E-state index contributed by atoms with van der Waals surface area (Å²) in [7, 11) is 0. The van der Waals surface area contributed by atoms with Crippen LogP contribution in [-0.4, -0.2) is 16.0 Å². The average Bonchev–Trinajstić information content (AvgIpc) is 2.95. The summed E-state index contributed by atoms with van der Waals surface area (Å²) >= 11 is 1.71. The van der Waals surface area contributed by atoms with Crippen LogP contribution in [0.1, 0.15) is 34.3 Å². The molecule has 0 spiro atoms. The summed E-state index contributed by atoms with van der Waals surface area (Å²) < 4.78 is 0. The van der Waals surface area contributed by atoms with Crippen molar-refractivity contribution in [2.24, 2.45) is 5.73 Å². The Labute approximate surface area is 111 Å². The van der Waals surface area contributed by atoms with Crippen molar-refractivity contribution in [2.75, 3.05) is 0 Å². The van der Waals surface area contributed by atoms with Crippen LogP contribution in [0.25, 0.3) is 0 Å². The fourth-order valence-electron chi connectivity index (χ4n) is 2.70. The monoisotopic (exact) mass is 259 g/mol. The third-order valence-electron chi connectivity index (χ3n) is 3.60. The van der Waals surface area contributed by atoms with Gasteiger partial charge < -0.3 is 5.73 Å². The molecule has 0 fully saturated rings. The molecule has 0 amide bonds. The molecule has 18 heavy (non-hydrogen) atoms. The number of aryl methyl sites for hydroxylation is 2. The van der Waals surface area contributed by atoms with Crippen molar-refractivity contribution in [3.63, 3.8) is 0 Å². The molecule has 3 rings (SSSR count). The Hall–Kier alpha value is -1.26. The molecule has 1 aliphatic carbocycles. The van der Waals surface area contributed by atoms with Crippen LogP contribution in [0.15, 0.2) is 23.7 Å². The smallest absolute Gasteiger partial charge is 0.0943 e. The SMILES string of the molecule is Cc1csc(CC(N)C2CCc3cccnc32)n1. The minimum absolute atomic E-state index is 0.131. The zero-order valence-corrected chi connectivity index (χ0v) is 11.3. The van der Waals surface area contributed by atoms with Crippen molar-refractivity contribution in [3.8, 4) is 0 Å². The van der Waals surface area contributed by atoms with Gasteiger partial charge in [-0.2, -0.15) is 0 Å². The molecular weight excluding hydrogens is 242 g/mol. The number of pyridine rings is 1. The quantitative estimate of drug-likeness (QED) is 0.921. The largest absolute Gasteiger partial charge is 0.327 e. The summed E-state index contributed by atoms with van der Waals surface area (Å²) in [5.74, 6) is 0.394. The Bertz CT molecular complexity index is 549. The summed E-state index contributed by atoms with van der Waals surface area (Å²) in [6, 6.07) is 4.31. The molecule has 0 saturated heterocycles. The molecule has 0 aromatic carbocycles. The normalized spacial score (nSPS) is 19.8. The third kappa shape index (κ3) is 2.18. The topological polar surface area (TPSA) is 51.8 Å². The Balaban J connectivity index is 1.76. The second kappa shape index (κ2) is 4.78. The van der Waals surface area contributed by atoms with Crippen molar-refractivity contribution in [3.05, 3.63) is 45.7 Å². The lowest BCUT2D eigenvalue weighted by atomic mass is 9.95. The van der Waals surface area contributed by atoms with Crippen molar-refractivity contribution in [1.29, 1.82) is 0 Å². The molecule has 2 aromatic heterocycles. The van der Waals surface area contributed by atoms with Gasteiger partial charge in [0.2, 0.25) is 0 Å². The molecule has 0 radical (unpaired) electrons. The maximum atomic E-state index is 6.36. The highest BCUT2D eigenvalue weighted by Gasteiger charge is 2.29. The van der Waals surface area contributed by atoms with E-state index in [1.807, 2.05) is 19.2 Å². The van der Waals surface area contributed by atoms with E-state index in [0.717, 1.165) is 30.0 Å². The molecule has 2 atom stereocenters. The molecule has 2 N–H and O–H groups in total. The van der Waals surface area contributed by atoms with E-state index in [1.165, 1.54) is 11.3 Å². The number of hydrogen-bond donors (Lipinski definition) is 1. The van der Waals surface area contributed by atoms with Crippen LogP contribution in [0.3, 0.4) is 0 Å². The zero-order chi connectivity index (χ0) is 12.5. The number of rotatable bonds is 3. The number of hydrogen-bond acceptors (Lipinski definition) is 4. The molecule has 0 aliphatic heterocycles. The van der Waals surface area contributed by atoms with Crippen LogP contribution >= 0.6 is 11.3 Å². The van der Waals surface area contributed by atoms with Crippen molar-refractivity contribution in [1.82, 2.24) is 9.97 Å². The van der Waals surface area contributed by atoms with Gasteiger partial charge in [0, 0.05) is 41.3 Å². The Morgan fingerprint density at radius 3 is 3.22 bits per heavy atom. The van der Waals surface area contributed by atoms with Gasteiger partial charge >= 0.3 is 0 Å². The predicted octanol–water partition coefficient (Wildman–Crippen LogP) is 2.45. The standard InChI is InChI=1S/C14H17N3S/c1-9-8-18-13(17-9)7-12(15)11-5-4-10-3-2-6-16-14(10)11/h2-3,6,8,11-12H,4-5,7,15H2,1H3. The van der Waals surface area contributed by atoms with E-state index in [2.05, 4.69) is 21.4 Å². The molecule has 94 valence electrons. The Kier molecular flexibility index (Phi) is 3.14. The Morgan fingerprint density at radius 2 is 2.44 bits per heavy atom. The van der Waals surface area contributed by atoms with Gasteiger partial charge in [-0.1, -0.05) is 6.07 Å². The molecule has 2 unspecified atom stereocenters. The zero-order valence-electron chi connectivity index (χ0n) is 10.5. The summed E-state index contributed by atoms with van der Waals surface area (Å²) in [5, 5.41) is 3.23. The van der Waals surface area contributed by atoms with E-state index in [0.29, 0.717) is 5.92 Å². The van der Waals surface area contributed by atoms with Crippen LogP contribution in [0.4, 0.5) is 0 Å². The van der Waals surface area contributed by atoms with Gasteiger partial charge in [0.05, 0.1) is 5.01 Å². The van der Waals surface area contributed by atoms with Crippen LogP contribution in [0.2, 0.25) is 0 Å². The lowest BCUT2D eigenvalue weighted by Crippen LogP contribution is -2.30. The first-order valence-electron chi connectivity index (χ1n) is 6.34. The van der Waals surface area contributed by atoms with Crippen molar-refractivity contribution < 1.29 is 0 Å². The molecule has 2 aromatic rings. The van der Waals surface area contributed by atoms with Crippen molar-refractivity contribution >= 4 is 11.3 Å². The van der Waals surface area contributed by atoms with Crippen LogP contribution in [0.5, 0.6) is 0 Å². The summed E-state index contributed by atoms with van der Waals surface area (Å²) in [6.07, 6.45) is 4.97. The number of fused-ring (bicyclic) bond motifs is 1. The Morgan fingerprint density at radius 1 is 1.56 bits per heavy atom. The number of aromatic nitrogens is 2. The van der Waals surface area contributed by atoms with Crippen LogP contribution in [0, 0.1) is 6.92 Å². The minimum atomic E-state index is 0.131. The highest BCUT2D eigenvalue weighted by molar-refractivity contribution is 7.09. The van der Waals surface area contributed by atoms with Crippen LogP contribution < -0.4 is 5.73 Å². The lowest BCUT2D eigenvalue weighted by Gasteiger charge is -2.18. The van der Waals surface area contributed by atoms with Gasteiger partial charge in [-0.05, 0) is 31.4 Å². The predicted molar refractivity (Wildman–Crippen MR) is 73.8 cm³/mol. The maximum Gasteiger partial charge on any atom is 0.0943 e. The molecule has 0 saturated carbocycles. The molecule has 4 heteroatoms. The van der Waals surface area contributed by atoms with Crippen LogP contribution in [-0.2, 0) is 12.8 Å². The first-order valence-corrected chi connectivity index (χ1v) is 7.22. The van der Waals surface area contributed by atoms with Crippen molar-refractivity contribution in [2.45, 2.75) is 38.1 Å². The summed E-state index contributed by atoms with van der Waals surface area (Å²) in [4.78, 5) is 9.01. The van der Waals surface area contributed by atoms with E-state index in [1.54, 1.807) is 11.3 Å². The third-order valence-corrected chi connectivity index (χ3v) is 4.58. The molecular formula is C14H17N3S. The lowest BCUT2D eigenvalue weighted by molar-refractivity contribution is 0.516. The second-order valence-corrected chi connectivity index (χ2v) is 5.89. The minimum Gasteiger partial charge on any atom is -0.327 e. The van der Waals surface area contributed by atoms with Gasteiger partial charge in [-0.25, -0.2) is 4.98 Å². The van der Waals surface area contributed by atoms with E-state index in [-0.39, 0.29) is 6.04 Å². The maximum absolute atomic E-state index is 6.36. The fourth-order valence-corrected chi connectivity index (χ4v) is 3.55. The van der Waals surface area contributed by atoms with E-state index in [9.17, 15) is 0 Å².